The van der Waals surface area contributed by atoms with Gasteiger partial charge in [-0.2, -0.15) is 0 Å². The molecule has 0 spiro atoms. The Kier molecular flexibility index (Phi) is 2.64. The molecule has 0 fully saturated rings. The van der Waals surface area contributed by atoms with E-state index in [4.69, 9.17) is 0 Å². The highest BCUT2D eigenvalue weighted by atomic mass is 16.1. The first-order valence-corrected chi connectivity index (χ1v) is 4.22. The van der Waals surface area contributed by atoms with Crippen molar-refractivity contribution in [1.82, 2.24) is 0 Å². The fraction of sp³-hybridized carbons (Fsp3) is 0.364. The van der Waals surface area contributed by atoms with Gasteiger partial charge in [0.05, 0.1) is 0 Å². The van der Waals surface area contributed by atoms with Crippen LogP contribution in [-0.2, 0) is 0 Å². The van der Waals surface area contributed by atoms with Crippen LogP contribution in [0, 0.1) is 6.92 Å². The summed E-state index contributed by atoms with van der Waals surface area (Å²) in [6, 6.07) is 7.45. The zero-order valence-corrected chi connectivity index (χ0v) is 7.79. The summed E-state index contributed by atoms with van der Waals surface area (Å²) in [6.45, 7) is 6.08. The fourth-order valence-corrected chi connectivity index (χ4v) is 1.05. The molecule has 1 heteroatoms. The second-order valence-electron chi connectivity index (χ2n) is 3.37. The number of aryl methyl sites for hydroxylation is 1. The van der Waals surface area contributed by atoms with Crippen LogP contribution >= 0.6 is 0 Å². The summed E-state index contributed by atoms with van der Waals surface area (Å²) in [7, 11) is 0. The topological polar surface area (TPSA) is 17.1 Å². The Morgan fingerprint density at radius 1 is 1.08 bits per heavy atom. The predicted molar refractivity (Wildman–Crippen MR) is 51.5 cm³/mol. The molecule has 0 amide bonds. The third-order valence-corrected chi connectivity index (χ3v) is 2.01. The van der Waals surface area contributed by atoms with E-state index >= 15 is 0 Å². The van der Waals surface area contributed by atoms with Crippen LogP contribution in [0.25, 0.3) is 0 Å². The summed E-state index contributed by atoms with van der Waals surface area (Å²) in [4.78, 5) is 11.2. The van der Waals surface area contributed by atoms with Gasteiger partial charge in [-0.25, -0.2) is 0 Å². The number of hydrogen-bond donors (Lipinski definition) is 0. The van der Waals surface area contributed by atoms with Gasteiger partial charge in [0.1, 0.15) is 0 Å². The Labute approximate surface area is 73.1 Å². The molecule has 0 atom stereocenters. The van der Waals surface area contributed by atoms with E-state index in [-0.39, 0.29) is 5.43 Å². The molecular weight excluding hydrogens is 148 g/mol. The number of hydrogen-bond acceptors (Lipinski definition) is 1. The molecule has 0 heterocycles. The molecule has 12 heavy (non-hydrogen) atoms. The van der Waals surface area contributed by atoms with Crippen molar-refractivity contribution in [2.45, 2.75) is 26.7 Å². The first kappa shape index (κ1) is 8.98. The summed E-state index contributed by atoms with van der Waals surface area (Å²) in [5, 5.41) is 0. The predicted octanol–water partition coefficient (Wildman–Crippen LogP) is 2.48. The lowest BCUT2D eigenvalue weighted by molar-refractivity contribution is 0.868. The van der Waals surface area contributed by atoms with E-state index in [1.54, 1.807) is 6.07 Å². The molecule has 64 valence electrons. The van der Waals surface area contributed by atoms with Gasteiger partial charge in [0.15, 0.2) is 5.43 Å². The van der Waals surface area contributed by atoms with Gasteiger partial charge in [-0.15, -0.1) is 0 Å². The molecule has 0 N–H and O–H groups in total. The molecule has 0 aliphatic heterocycles. The fourth-order valence-electron chi connectivity index (χ4n) is 1.05. The first-order valence-electron chi connectivity index (χ1n) is 4.22. The second kappa shape index (κ2) is 3.53. The minimum Gasteiger partial charge on any atom is -0.290 e. The van der Waals surface area contributed by atoms with E-state index in [1.807, 2.05) is 25.1 Å². The molecule has 1 nitrogen and oxygen atoms in total. The molecule has 0 unspecified atom stereocenters. The van der Waals surface area contributed by atoms with Crippen LogP contribution in [0.1, 0.15) is 30.9 Å². The largest absolute Gasteiger partial charge is 0.290 e. The van der Waals surface area contributed by atoms with E-state index in [2.05, 4.69) is 13.8 Å². The molecule has 0 aromatic heterocycles. The van der Waals surface area contributed by atoms with Crippen LogP contribution in [0.3, 0.4) is 0 Å². The van der Waals surface area contributed by atoms with E-state index in [0.29, 0.717) is 5.92 Å². The molecule has 0 saturated heterocycles. The van der Waals surface area contributed by atoms with E-state index in [9.17, 15) is 4.79 Å². The Morgan fingerprint density at radius 3 is 2.25 bits per heavy atom. The quantitative estimate of drug-likeness (QED) is 0.620. The van der Waals surface area contributed by atoms with Crippen molar-refractivity contribution in [3.8, 4) is 0 Å². The van der Waals surface area contributed by atoms with E-state index in [1.165, 1.54) is 5.56 Å². The van der Waals surface area contributed by atoms with Crippen molar-refractivity contribution in [3.63, 3.8) is 0 Å². The van der Waals surface area contributed by atoms with E-state index in [0.717, 1.165) is 5.56 Å². The summed E-state index contributed by atoms with van der Waals surface area (Å²) in [5.74, 6) is 0.483. The van der Waals surface area contributed by atoms with Crippen LogP contribution in [0.2, 0.25) is 0 Å². The third-order valence-electron chi connectivity index (χ3n) is 2.01. The lowest BCUT2D eigenvalue weighted by Gasteiger charge is -1.99. The maximum atomic E-state index is 11.2. The average Bonchev–Trinajstić information content (AvgIpc) is 2.16. The second-order valence-corrected chi connectivity index (χ2v) is 3.37. The van der Waals surface area contributed by atoms with Gasteiger partial charge in [-0.05, 0) is 30.0 Å². The summed E-state index contributed by atoms with van der Waals surface area (Å²) < 4.78 is 0. The summed E-state index contributed by atoms with van der Waals surface area (Å²) in [5.41, 5.74) is 2.13. The van der Waals surface area contributed by atoms with Gasteiger partial charge in [0.2, 0.25) is 0 Å². The minimum absolute atomic E-state index is 0.113. The Balaban J connectivity index is 3.26. The maximum absolute atomic E-state index is 11.2. The minimum atomic E-state index is 0.113. The van der Waals surface area contributed by atoms with Crippen LogP contribution in [0.5, 0.6) is 0 Å². The van der Waals surface area contributed by atoms with Gasteiger partial charge in [0.25, 0.3) is 0 Å². The van der Waals surface area contributed by atoms with Crippen LogP contribution in [0.15, 0.2) is 29.1 Å². The highest BCUT2D eigenvalue weighted by Gasteiger charge is 1.96. The van der Waals surface area contributed by atoms with Crippen molar-refractivity contribution < 1.29 is 0 Å². The van der Waals surface area contributed by atoms with E-state index < -0.39 is 0 Å². The molecule has 1 rings (SSSR count). The standard InChI is InChI=1S/C11H14O/c1-8(2)10-5-4-9(3)11(12)7-6-10/h4-8H,1-3H3. The third kappa shape index (κ3) is 1.94. The molecule has 0 radical (unpaired) electrons. The monoisotopic (exact) mass is 162 g/mol. The smallest absolute Gasteiger partial charge is 0.181 e. The SMILES string of the molecule is Cc1ccc(C(C)C)ccc1=O. The number of rotatable bonds is 1. The zero-order chi connectivity index (χ0) is 9.14. The molecule has 0 aliphatic rings. The van der Waals surface area contributed by atoms with Gasteiger partial charge >= 0.3 is 0 Å². The van der Waals surface area contributed by atoms with Crippen molar-refractivity contribution in [3.05, 3.63) is 45.6 Å². The average molecular weight is 162 g/mol. The van der Waals surface area contributed by atoms with Crippen molar-refractivity contribution in [1.29, 1.82) is 0 Å². The normalized spacial score (nSPS) is 10.3. The van der Waals surface area contributed by atoms with Crippen LogP contribution in [0.4, 0.5) is 0 Å². The van der Waals surface area contributed by atoms with Gasteiger partial charge < -0.3 is 0 Å². The van der Waals surface area contributed by atoms with Crippen molar-refractivity contribution in [2.24, 2.45) is 0 Å². The molecule has 1 aromatic carbocycles. The molecular formula is C11H14O. The van der Waals surface area contributed by atoms with Crippen molar-refractivity contribution >= 4 is 0 Å². The first-order chi connectivity index (χ1) is 5.61. The lowest BCUT2D eigenvalue weighted by Crippen LogP contribution is -1.96. The lowest BCUT2D eigenvalue weighted by atomic mass is 10.1. The summed E-state index contributed by atoms with van der Waals surface area (Å²) in [6.07, 6.45) is 0. The van der Waals surface area contributed by atoms with Gasteiger partial charge in [0, 0.05) is 0 Å². The molecule has 0 saturated carbocycles. The zero-order valence-electron chi connectivity index (χ0n) is 7.79. The maximum Gasteiger partial charge on any atom is 0.181 e. The summed E-state index contributed by atoms with van der Waals surface area (Å²) >= 11 is 0. The Morgan fingerprint density at radius 2 is 1.67 bits per heavy atom. The molecule has 1 aromatic rings. The van der Waals surface area contributed by atoms with Crippen LogP contribution in [-0.4, -0.2) is 0 Å². The molecule has 0 bridgehead atoms. The van der Waals surface area contributed by atoms with Gasteiger partial charge in [-0.1, -0.05) is 32.0 Å². The Hall–Kier alpha value is -1.11. The highest BCUT2D eigenvalue weighted by Crippen LogP contribution is 2.11. The highest BCUT2D eigenvalue weighted by molar-refractivity contribution is 5.21. The molecule has 0 aliphatic carbocycles. The van der Waals surface area contributed by atoms with Gasteiger partial charge in [-0.3, -0.25) is 4.79 Å². The van der Waals surface area contributed by atoms with Crippen LogP contribution < -0.4 is 5.43 Å². The van der Waals surface area contributed by atoms with Crippen molar-refractivity contribution in [2.75, 3.05) is 0 Å². The Bertz CT molecular complexity index is 326.